The molecule has 0 unspecified atom stereocenters. The van der Waals surface area contributed by atoms with Crippen LogP contribution in [0.1, 0.15) is 47.8 Å². The number of nitrogens with two attached hydrogens (primary N) is 1. The van der Waals surface area contributed by atoms with Gasteiger partial charge in [-0.2, -0.15) is 4.98 Å². The Hall–Kier alpha value is -1.68. The first kappa shape index (κ1) is 12.8. The summed E-state index contributed by atoms with van der Waals surface area (Å²) < 4.78 is 5.16. The summed E-state index contributed by atoms with van der Waals surface area (Å²) in [4.78, 5) is 4.33. The molecule has 0 amide bonds. The van der Waals surface area contributed by atoms with Crippen LogP contribution < -0.4 is 5.73 Å². The van der Waals surface area contributed by atoms with Gasteiger partial charge in [0.1, 0.15) is 0 Å². The van der Waals surface area contributed by atoms with Crippen LogP contribution in [-0.2, 0) is 6.42 Å². The highest BCUT2D eigenvalue weighted by atomic mass is 16.5. The van der Waals surface area contributed by atoms with Gasteiger partial charge in [0, 0.05) is 6.42 Å². The Morgan fingerprint density at radius 2 is 2.06 bits per heavy atom. The number of nitrogens with zero attached hydrogens (tertiary/aromatic N) is 2. The summed E-state index contributed by atoms with van der Waals surface area (Å²) in [6.45, 7) is 6.21. The van der Waals surface area contributed by atoms with Gasteiger partial charge in [-0.15, -0.1) is 0 Å². The van der Waals surface area contributed by atoms with Gasteiger partial charge < -0.3 is 10.3 Å². The van der Waals surface area contributed by atoms with E-state index in [0.29, 0.717) is 18.1 Å². The van der Waals surface area contributed by atoms with E-state index in [-0.39, 0.29) is 6.04 Å². The smallest absolute Gasteiger partial charge is 0.243 e. The molecule has 0 spiro atoms. The molecule has 4 nitrogen and oxygen atoms in total. The zero-order chi connectivity index (χ0) is 13.1. The second-order valence-corrected chi connectivity index (χ2v) is 4.66. The Balaban J connectivity index is 2.13. The Labute approximate surface area is 107 Å². The molecule has 0 saturated carbocycles. The molecule has 2 aromatic rings. The molecule has 0 saturated heterocycles. The molecule has 0 aliphatic rings. The summed E-state index contributed by atoms with van der Waals surface area (Å²) in [5, 5.41) is 3.97. The Morgan fingerprint density at radius 1 is 1.28 bits per heavy atom. The maximum absolute atomic E-state index is 5.85. The minimum atomic E-state index is -0.161. The molecule has 4 heteroatoms. The van der Waals surface area contributed by atoms with E-state index in [1.807, 2.05) is 6.92 Å². The number of aromatic nitrogens is 2. The maximum atomic E-state index is 5.85. The molecule has 0 aliphatic carbocycles. The van der Waals surface area contributed by atoms with Crippen LogP contribution in [0.15, 0.2) is 22.7 Å². The molecule has 1 atom stereocenters. The van der Waals surface area contributed by atoms with E-state index in [0.717, 1.165) is 6.42 Å². The first-order chi connectivity index (χ1) is 8.60. The van der Waals surface area contributed by atoms with Gasteiger partial charge in [-0.3, -0.25) is 0 Å². The number of rotatable bonds is 4. The van der Waals surface area contributed by atoms with Crippen molar-refractivity contribution in [1.29, 1.82) is 0 Å². The Morgan fingerprint density at radius 3 is 2.72 bits per heavy atom. The minimum Gasteiger partial charge on any atom is -0.338 e. The van der Waals surface area contributed by atoms with Gasteiger partial charge in [0.15, 0.2) is 5.82 Å². The van der Waals surface area contributed by atoms with Gasteiger partial charge >= 0.3 is 0 Å². The van der Waals surface area contributed by atoms with Crippen molar-refractivity contribution in [2.45, 2.75) is 39.7 Å². The van der Waals surface area contributed by atoms with Crippen molar-refractivity contribution in [2.75, 3.05) is 0 Å². The molecule has 0 radical (unpaired) electrons. The highest BCUT2D eigenvalue weighted by molar-refractivity contribution is 5.31. The number of benzene rings is 1. The van der Waals surface area contributed by atoms with Gasteiger partial charge in [0.2, 0.25) is 5.89 Å². The fourth-order valence-corrected chi connectivity index (χ4v) is 1.76. The Bertz CT molecular complexity index is 534. The first-order valence-electron chi connectivity index (χ1n) is 6.24. The second kappa shape index (κ2) is 5.31. The van der Waals surface area contributed by atoms with Crippen LogP contribution >= 0.6 is 0 Å². The molecule has 96 valence electrons. The minimum absolute atomic E-state index is 0.161. The summed E-state index contributed by atoms with van der Waals surface area (Å²) in [6.07, 6.45) is 1.48. The fourth-order valence-electron chi connectivity index (χ4n) is 1.76. The predicted octanol–water partition coefficient (Wildman–Crippen LogP) is 2.69. The van der Waals surface area contributed by atoms with Crippen molar-refractivity contribution in [3.63, 3.8) is 0 Å². The number of aryl methyl sites for hydroxylation is 2. The maximum Gasteiger partial charge on any atom is 0.243 e. The summed E-state index contributed by atoms with van der Waals surface area (Å²) in [6, 6.07) is 6.21. The summed E-state index contributed by atoms with van der Waals surface area (Å²) in [7, 11) is 0. The third-order valence-electron chi connectivity index (χ3n) is 3.17. The van der Waals surface area contributed by atoms with E-state index in [1.54, 1.807) is 0 Å². The monoisotopic (exact) mass is 245 g/mol. The van der Waals surface area contributed by atoms with Crippen LogP contribution in [0.25, 0.3) is 0 Å². The van der Waals surface area contributed by atoms with E-state index in [1.165, 1.54) is 16.7 Å². The molecule has 2 N–H and O–H groups in total. The largest absolute Gasteiger partial charge is 0.338 e. The molecular weight excluding hydrogens is 226 g/mol. The van der Waals surface area contributed by atoms with Gasteiger partial charge in [0.05, 0.1) is 6.04 Å². The predicted molar refractivity (Wildman–Crippen MR) is 70.2 cm³/mol. The molecule has 2 rings (SSSR count). The lowest BCUT2D eigenvalue weighted by Gasteiger charge is -2.02. The highest BCUT2D eigenvalue weighted by Gasteiger charge is 2.13. The normalized spacial score (nSPS) is 12.7. The van der Waals surface area contributed by atoms with Crippen LogP contribution in [0, 0.1) is 13.8 Å². The van der Waals surface area contributed by atoms with Crippen molar-refractivity contribution in [3.05, 3.63) is 46.6 Å². The summed E-state index contributed by atoms with van der Waals surface area (Å²) in [5.74, 6) is 1.22. The van der Waals surface area contributed by atoms with Gasteiger partial charge in [0.25, 0.3) is 0 Å². The van der Waals surface area contributed by atoms with E-state index in [2.05, 4.69) is 42.2 Å². The average Bonchev–Trinajstić information content (AvgIpc) is 2.81. The third-order valence-corrected chi connectivity index (χ3v) is 3.17. The summed E-state index contributed by atoms with van der Waals surface area (Å²) in [5.41, 5.74) is 9.61. The molecule has 0 bridgehead atoms. The van der Waals surface area contributed by atoms with Gasteiger partial charge in [-0.25, -0.2) is 0 Å². The van der Waals surface area contributed by atoms with E-state index in [9.17, 15) is 0 Å². The van der Waals surface area contributed by atoms with Crippen LogP contribution in [0.3, 0.4) is 0 Å². The fraction of sp³-hybridized carbons (Fsp3) is 0.429. The lowest BCUT2D eigenvalue weighted by atomic mass is 10.0. The van der Waals surface area contributed by atoms with Crippen LogP contribution in [-0.4, -0.2) is 10.1 Å². The molecule has 1 heterocycles. The lowest BCUT2D eigenvalue weighted by Crippen LogP contribution is -2.08. The van der Waals surface area contributed by atoms with Crippen molar-refractivity contribution in [1.82, 2.24) is 10.1 Å². The quantitative estimate of drug-likeness (QED) is 0.899. The SMILES string of the molecule is CC[C@H](N)c1nc(Cc2ccc(C)c(C)c2)no1. The average molecular weight is 245 g/mol. The van der Waals surface area contributed by atoms with E-state index >= 15 is 0 Å². The van der Waals surface area contributed by atoms with Gasteiger partial charge in [-0.05, 0) is 37.0 Å². The van der Waals surface area contributed by atoms with Crippen molar-refractivity contribution in [2.24, 2.45) is 5.73 Å². The zero-order valence-corrected chi connectivity index (χ0v) is 11.1. The molecule has 0 aliphatic heterocycles. The van der Waals surface area contributed by atoms with Crippen molar-refractivity contribution in [3.8, 4) is 0 Å². The van der Waals surface area contributed by atoms with Crippen LogP contribution in [0.5, 0.6) is 0 Å². The first-order valence-corrected chi connectivity index (χ1v) is 6.24. The van der Waals surface area contributed by atoms with Crippen LogP contribution in [0.2, 0.25) is 0 Å². The number of hydrogen-bond acceptors (Lipinski definition) is 4. The number of hydrogen-bond donors (Lipinski definition) is 1. The van der Waals surface area contributed by atoms with E-state index in [4.69, 9.17) is 10.3 Å². The zero-order valence-electron chi connectivity index (χ0n) is 11.1. The van der Waals surface area contributed by atoms with Crippen molar-refractivity contribution >= 4 is 0 Å². The molecular formula is C14H19N3O. The standard InChI is InChI=1S/C14H19N3O/c1-4-12(15)14-16-13(17-18-14)8-11-6-5-9(2)10(3)7-11/h5-7,12H,4,8,15H2,1-3H3/t12-/m0/s1. The topological polar surface area (TPSA) is 64.9 Å². The Kier molecular flexibility index (Phi) is 3.77. The van der Waals surface area contributed by atoms with Crippen molar-refractivity contribution < 1.29 is 4.52 Å². The molecule has 0 fully saturated rings. The third kappa shape index (κ3) is 2.76. The van der Waals surface area contributed by atoms with Crippen LogP contribution in [0.4, 0.5) is 0 Å². The molecule has 1 aromatic carbocycles. The molecule has 18 heavy (non-hydrogen) atoms. The lowest BCUT2D eigenvalue weighted by molar-refractivity contribution is 0.348. The second-order valence-electron chi connectivity index (χ2n) is 4.66. The molecule has 1 aromatic heterocycles. The highest BCUT2D eigenvalue weighted by Crippen LogP contribution is 2.15. The van der Waals surface area contributed by atoms with E-state index < -0.39 is 0 Å². The summed E-state index contributed by atoms with van der Waals surface area (Å²) >= 11 is 0. The van der Waals surface area contributed by atoms with Gasteiger partial charge in [-0.1, -0.05) is 30.3 Å².